The second-order valence-corrected chi connectivity index (χ2v) is 5.93. The van der Waals surface area contributed by atoms with Gasteiger partial charge in [0.25, 0.3) is 0 Å². The van der Waals surface area contributed by atoms with E-state index < -0.39 is 0 Å². The molecule has 0 saturated carbocycles. The summed E-state index contributed by atoms with van der Waals surface area (Å²) in [6.45, 7) is 4.62. The molecule has 1 aliphatic heterocycles. The van der Waals surface area contributed by atoms with Crippen LogP contribution in [0, 0.1) is 5.92 Å². The van der Waals surface area contributed by atoms with Crippen LogP contribution in [-0.2, 0) is 4.79 Å². The summed E-state index contributed by atoms with van der Waals surface area (Å²) in [5.41, 5.74) is 0.740. The van der Waals surface area contributed by atoms with Crippen LogP contribution in [0.4, 0.5) is 5.69 Å². The normalized spacial score (nSPS) is 18.0. The first kappa shape index (κ1) is 15.3. The molecule has 1 aliphatic rings. The predicted octanol–water partition coefficient (Wildman–Crippen LogP) is 3.18. The monoisotopic (exact) mass is 340 g/mol. The van der Waals surface area contributed by atoms with Crippen molar-refractivity contribution in [1.82, 2.24) is 5.32 Å². The van der Waals surface area contributed by atoms with Gasteiger partial charge in [-0.15, -0.1) is 0 Å². The van der Waals surface area contributed by atoms with Gasteiger partial charge in [0.1, 0.15) is 5.75 Å². The average molecular weight is 341 g/mol. The molecular weight excluding hydrogens is 320 g/mol. The molecule has 0 aromatic heterocycles. The Kier molecular flexibility index (Phi) is 5.86. The van der Waals surface area contributed by atoms with Crippen molar-refractivity contribution in [2.45, 2.75) is 26.2 Å². The SMILES string of the molecule is CCOc1cc(Br)ccc1NC(=O)CCC1CCNC1. The summed E-state index contributed by atoms with van der Waals surface area (Å²) in [5, 5.41) is 6.26. The molecule has 1 heterocycles. The van der Waals surface area contributed by atoms with Crippen LogP contribution in [-0.4, -0.2) is 25.6 Å². The third-order valence-electron chi connectivity index (χ3n) is 3.46. The maximum Gasteiger partial charge on any atom is 0.224 e. The molecule has 0 spiro atoms. The lowest BCUT2D eigenvalue weighted by Crippen LogP contribution is -2.15. The molecular formula is C15H21BrN2O2. The Morgan fingerprint density at radius 3 is 3.10 bits per heavy atom. The average Bonchev–Trinajstić information content (AvgIpc) is 2.93. The highest BCUT2D eigenvalue weighted by molar-refractivity contribution is 9.10. The summed E-state index contributed by atoms with van der Waals surface area (Å²) >= 11 is 3.41. The molecule has 0 bridgehead atoms. The molecule has 2 rings (SSSR count). The summed E-state index contributed by atoms with van der Waals surface area (Å²) in [4.78, 5) is 12.0. The quantitative estimate of drug-likeness (QED) is 0.836. The van der Waals surface area contributed by atoms with Crippen LogP contribution in [0.1, 0.15) is 26.2 Å². The van der Waals surface area contributed by atoms with Crippen molar-refractivity contribution in [1.29, 1.82) is 0 Å². The van der Waals surface area contributed by atoms with E-state index in [2.05, 4.69) is 26.6 Å². The van der Waals surface area contributed by atoms with Crippen LogP contribution in [0.2, 0.25) is 0 Å². The Bertz CT molecular complexity index is 459. The molecule has 5 heteroatoms. The minimum atomic E-state index is 0.0557. The molecule has 1 unspecified atom stereocenters. The van der Waals surface area contributed by atoms with E-state index in [1.807, 2.05) is 25.1 Å². The van der Waals surface area contributed by atoms with Crippen LogP contribution in [0.25, 0.3) is 0 Å². The molecule has 4 nitrogen and oxygen atoms in total. The fourth-order valence-corrected chi connectivity index (χ4v) is 2.72. The molecule has 1 atom stereocenters. The molecule has 1 aromatic rings. The zero-order valence-electron chi connectivity index (χ0n) is 11.7. The Morgan fingerprint density at radius 2 is 2.40 bits per heavy atom. The largest absolute Gasteiger partial charge is 0.492 e. The van der Waals surface area contributed by atoms with E-state index in [4.69, 9.17) is 4.74 Å². The van der Waals surface area contributed by atoms with Gasteiger partial charge in [-0.25, -0.2) is 0 Å². The summed E-state index contributed by atoms with van der Waals surface area (Å²) in [6, 6.07) is 5.64. The summed E-state index contributed by atoms with van der Waals surface area (Å²) in [5.74, 6) is 1.40. The molecule has 110 valence electrons. The van der Waals surface area contributed by atoms with E-state index in [0.717, 1.165) is 29.7 Å². The topological polar surface area (TPSA) is 50.4 Å². The van der Waals surface area contributed by atoms with E-state index in [1.54, 1.807) is 0 Å². The molecule has 20 heavy (non-hydrogen) atoms. The maximum absolute atomic E-state index is 12.0. The third kappa shape index (κ3) is 4.49. The van der Waals surface area contributed by atoms with Crippen LogP contribution in [0.3, 0.4) is 0 Å². The van der Waals surface area contributed by atoms with Gasteiger partial charge >= 0.3 is 0 Å². The van der Waals surface area contributed by atoms with Crippen LogP contribution >= 0.6 is 15.9 Å². The number of anilines is 1. The van der Waals surface area contributed by atoms with Crippen molar-refractivity contribution >= 4 is 27.5 Å². The van der Waals surface area contributed by atoms with E-state index in [-0.39, 0.29) is 5.91 Å². The summed E-state index contributed by atoms with van der Waals surface area (Å²) < 4.78 is 6.48. The molecule has 0 radical (unpaired) electrons. The lowest BCUT2D eigenvalue weighted by molar-refractivity contribution is -0.116. The van der Waals surface area contributed by atoms with Gasteiger partial charge in [0.2, 0.25) is 5.91 Å². The molecule has 1 amide bonds. The number of nitrogens with one attached hydrogen (secondary N) is 2. The number of halogens is 1. The lowest BCUT2D eigenvalue weighted by Gasteiger charge is -2.13. The zero-order valence-corrected chi connectivity index (χ0v) is 13.3. The number of amides is 1. The van der Waals surface area contributed by atoms with Gasteiger partial charge in [0, 0.05) is 10.9 Å². The van der Waals surface area contributed by atoms with Crippen LogP contribution < -0.4 is 15.4 Å². The van der Waals surface area contributed by atoms with Crippen molar-refractivity contribution in [2.24, 2.45) is 5.92 Å². The highest BCUT2D eigenvalue weighted by Crippen LogP contribution is 2.28. The minimum absolute atomic E-state index is 0.0557. The number of ether oxygens (including phenoxy) is 1. The highest BCUT2D eigenvalue weighted by atomic mass is 79.9. The first-order valence-corrected chi connectivity index (χ1v) is 7.91. The van der Waals surface area contributed by atoms with Gasteiger partial charge in [-0.3, -0.25) is 4.79 Å². The van der Waals surface area contributed by atoms with Gasteiger partial charge in [-0.1, -0.05) is 15.9 Å². The van der Waals surface area contributed by atoms with Crippen LogP contribution in [0.5, 0.6) is 5.75 Å². The lowest BCUT2D eigenvalue weighted by atomic mass is 10.0. The van der Waals surface area contributed by atoms with Crippen molar-refractivity contribution in [3.8, 4) is 5.75 Å². The third-order valence-corrected chi connectivity index (χ3v) is 3.95. The Labute approximate surface area is 128 Å². The van der Waals surface area contributed by atoms with Gasteiger partial charge in [0.15, 0.2) is 0 Å². The summed E-state index contributed by atoms with van der Waals surface area (Å²) in [7, 11) is 0. The smallest absolute Gasteiger partial charge is 0.224 e. The Morgan fingerprint density at radius 1 is 1.55 bits per heavy atom. The first-order valence-electron chi connectivity index (χ1n) is 7.12. The van der Waals surface area contributed by atoms with E-state index in [0.29, 0.717) is 24.7 Å². The Balaban J connectivity index is 1.89. The first-order chi connectivity index (χ1) is 9.69. The van der Waals surface area contributed by atoms with Gasteiger partial charge < -0.3 is 15.4 Å². The zero-order chi connectivity index (χ0) is 14.4. The van der Waals surface area contributed by atoms with Crippen molar-refractivity contribution < 1.29 is 9.53 Å². The maximum atomic E-state index is 12.0. The summed E-state index contributed by atoms with van der Waals surface area (Å²) in [6.07, 6.45) is 2.68. The molecule has 0 aliphatic carbocycles. The second-order valence-electron chi connectivity index (χ2n) is 5.02. The molecule has 1 saturated heterocycles. The standard InChI is InChI=1S/C15H21BrN2O2/c1-2-20-14-9-12(16)4-5-13(14)18-15(19)6-3-11-7-8-17-10-11/h4-5,9,11,17H,2-3,6-8,10H2,1H3,(H,18,19). The van der Waals surface area contributed by atoms with Gasteiger partial charge in [0.05, 0.1) is 12.3 Å². The fraction of sp³-hybridized carbons (Fsp3) is 0.533. The minimum Gasteiger partial charge on any atom is -0.492 e. The number of carbonyl (C=O) groups is 1. The van der Waals surface area contributed by atoms with Crippen molar-refractivity contribution in [3.05, 3.63) is 22.7 Å². The van der Waals surface area contributed by atoms with E-state index in [1.165, 1.54) is 6.42 Å². The van der Waals surface area contributed by atoms with Crippen molar-refractivity contribution in [2.75, 3.05) is 25.0 Å². The van der Waals surface area contributed by atoms with Gasteiger partial charge in [-0.2, -0.15) is 0 Å². The number of rotatable bonds is 6. The van der Waals surface area contributed by atoms with E-state index >= 15 is 0 Å². The van der Waals surface area contributed by atoms with Crippen molar-refractivity contribution in [3.63, 3.8) is 0 Å². The molecule has 2 N–H and O–H groups in total. The number of hydrogen-bond acceptors (Lipinski definition) is 3. The molecule has 1 aromatic carbocycles. The number of benzene rings is 1. The highest BCUT2D eigenvalue weighted by Gasteiger charge is 2.16. The van der Waals surface area contributed by atoms with E-state index in [9.17, 15) is 4.79 Å². The van der Waals surface area contributed by atoms with Crippen LogP contribution in [0.15, 0.2) is 22.7 Å². The number of carbonyl (C=O) groups excluding carboxylic acids is 1. The number of hydrogen-bond donors (Lipinski definition) is 2. The molecule has 1 fully saturated rings. The fourth-order valence-electron chi connectivity index (χ4n) is 2.38. The predicted molar refractivity (Wildman–Crippen MR) is 84.2 cm³/mol. The van der Waals surface area contributed by atoms with Gasteiger partial charge in [-0.05, 0) is 57.0 Å². The Hall–Kier alpha value is -1.07. The second kappa shape index (κ2) is 7.64.